The van der Waals surface area contributed by atoms with Gasteiger partial charge in [0.05, 0.1) is 38.3 Å². The van der Waals surface area contributed by atoms with Crippen molar-refractivity contribution in [2.45, 2.75) is 26.4 Å². The van der Waals surface area contributed by atoms with Crippen LogP contribution in [0.1, 0.15) is 31.9 Å². The highest BCUT2D eigenvalue weighted by Gasteiger charge is 2.34. The van der Waals surface area contributed by atoms with Gasteiger partial charge in [0.15, 0.2) is 0 Å². The highest BCUT2D eigenvalue weighted by Crippen LogP contribution is 2.32. The summed E-state index contributed by atoms with van der Waals surface area (Å²) in [7, 11) is 0. The van der Waals surface area contributed by atoms with E-state index < -0.39 is 24.0 Å². The zero-order valence-corrected chi connectivity index (χ0v) is 15.9. The number of carbonyl (C=O) groups excluding carboxylic acids is 2. The van der Waals surface area contributed by atoms with E-state index in [0.29, 0.717) is 0 Å². The molecule has 0 saturated carbocycles. The van der Waals surface area contributed by atoms with E-state index in [0.717, 1.165) is 16.3 Å². The molecule has 5 nitrogen and oxygen atoms in total. The number of hydrogen-bond acceptors (Lipinski definition) is 5. The van der Waals surface area contributed by atoms with E-state index in [1.54, 1.807) is 19.9 Å². The highest BCUT2D eigenvalue weighted by molar-refractivity contribution is 5.84. The summed E-state index contributed by atoms with van der Waals surface area (Å²) < 4.78 is 16.1. The molecule has 2 aromatic carbocycles. The van der Waals surface area contributed by atoms with Crippen LogP contribution in [0.5, 0.6) is 0 Å². The van der Waals surface area contributed by atoms with Crippen molar-refractivity contribution >= 4 is 22.7 Å². The molecule has 0 saturated heterocycles. The Morgan fingerprint density at radius 2 is 1.74 bits per heavy atom. The van der Waals surface area contributed by atoms with Gasteiger partial charge in [-0.3, -0.25) is 9.59 Å². The van der Waals surface area contributed by atoms with Crippen LogP contribution in [-0.4, -0.2) is 31.8 Å². The van der Waals surface area contributed by atoms with Crippen LogP contribution in [0.4, 0.5) is 0 Å². The van der Waals surface area contributed by atoms with Crippen molar-refractivity contribution in [3.63, 3.8) is 0 Å². The van der Waals surface area contributed by atoms with Crippen LogP contribution in [0.25, 0.3) is 10.8 Å². The third-order valence-corrected chi connectivity index (χ3v) is 4.14. The lowest BCUT2D eigenvalue weighted by Gasteiger charge is -2.25. The predicted octanol–water partition coefficient (Wildman–Crippen LogP) is 4.22. The van der Waals surface area contributed by atoms with Crippen molar-refractivity contribution < 1.29 is 23.8 Å². The first-order chi connectivity index (χ1) is 13.1. The van der Waals surface area contributed by atoms with Gasteiger partial charge in [0.25, 0.3) is 0 Å². The summed E-state index contributed by atoms with van der Waals surface area (Å²) in [5.41, 5.74) is 0.804. The lowest BCUT2D eigenvalue weighted by molar-refractivity contribution is -0.160. The van der Waals surface area contributed by atoms with Gasteiger partial charge in [-0.1, -0.05) is 42.5 Å². The molecule has 0 spiro atoms. The van der Waals surface area contributed by atoms with E-state index in [1.165, 1.54) is 0 Å². The Labute approximate surface area is 159 Å². The van der Waals surface area contributed by atoms with Crippen molar-refractivity contribution in [2.24, 2.45) is 5.92 Å². The molecule has 144 valence electrons. The third-order valence-electron chi connectivity index (χ3n) is 4.14. The summed E-state index contributed by atoms with van der Waals surface area (Å²) in [4.78, 5) is 24.7. The molecule has 2 rings (SSSR count). The fourth-order valence-electron chi connectivity index (χ4n) is 2.96. The molecule has 0 amide bonds. The average molecular weight is 370 g/mol. The molecule has 27 heavy (non-hydrogen) atoms. The van der Waals surface area contributed by atoms with E-state index in [9.17, 15) is 9.59 Å². The van der Waals surface area contributed by atoms with Gasteiger partial charge >= 0.3 is 11.9 Å². The Hall–Kier alpha value is -2.66. The quantitative estimate of drug-likeness (QED) is 0.463. The van der Waals surface area contributed by atoms with Crippen molar-refractivity contribution in [3.05, 3.63) is 60.7 Å². The zero-order valence-electron chi connectivity index (χ0n) is 15.9. The normalized spacial score (nSPS) is 13.0. The molecule has 1 unspecified atom stereocenters. The molecule has 0 N–H and O–H groups in total. The molecule has 2 atom stereocenters. The number of rotatable bonds is 10. The summed E-state index contributed by atoms with van der Waals surface area (Å²) in [5, 5.41) is 2.11. The van der Waals surface area contributed by atoms with Gasteiger partial charge in [0.2, 0.25) is 0 Å². The molecule has 2 aromatic rings. The number of benzene rings is 2. The number of fused-ring (bicyclic) bond motifs is 1. The standard InChI is InChI=1S/C22H26O5/c1-4-13-27-21(18-12-11-16-9-7-8-10-17(16)14-18)19(22(24)26-6-3)15-20(23)25-5-2/h4,7-12,14,19,21H,1,5-6,13,15H2,2-3H3/t19?,21-/m0/s1. The monoisotopic (exact) mass is 370 g/mol. The molecule has 0 aliphatic heterocycles. The molecule has 5 heteroatoms. The van der Waals surface area contributed by atoms with Crippen molar-refractivity contribution in [1.82, 2.24) is 0 Å². The fourth-order valence-corrected chi connectivity index (χ4v) is 2.96. The zero-order chi connectivity index (χ0) is 19.6. The van der Waals surface area contributed by atoms with E-state index in [2.05, 4.69) is 6.58 Å². The first kappa shape index (κ1) is 20.6. The lowest BCUT2D eigenvalue weighted by Crippen LogP contribution is -2.29. The van der Waals surface area contributed by atoms with Crippen molar-refractivity contribution in [2.75, 3.05) is 19.8 Å². The predicted molar refractivity (Wildman–Crippen MR) is 104 cm³/mol. The second-order valence-corrected chi connectivity index (χ2v) is 6.02. The number of hydrogen-bond donors (Lipinski definition) is 0. The fraction of sp³-hybridized carbons (Fsp3) is 0.364. The number of ether oxygens (including phenoxy) is 3. The highest BCUT2D eigenvalue weighted by atomic mass is 16.5. The van der Waals surface area contributed by atoms with Crippen LogP contribution in [0.3, 0.4) is 0 Å². The van der Waals surface area contributed by atoms with Crippen molar-refractivity contribution in [3.8, 4) is 0 Å². The summed E-state index contributed by atoms with van der Waals surface area (Å²) in [6.45, 7) is 7.86. The Morgan fingerprint density at radius 3 is 2.41 bits per heavy atom. The Kier molecular flexibility index (Phi) is 8.01. The topological polar surface area (TPSA) is 61.8 Å². The Bertz CT molecular complexity index is 783. The molecule has 0 aliphatic carbocycles. The van der Waals surface area contributed by atoms with Crippen LogP contribution in [0.15, 0.2) is 55.1 Å². The van der Waals surface area contributed by atoms with E-state index >= 15 is 0 Å². The van der Waals surface area contributed by atoms with E-state index in [4.69, 9.17) is 14.2 Å². The largest absolute Gasteiger partial charge is 0.466 e. The van der Waals surface area contributed by atoms with Gasteiger partial charge in [-0.25, -0.2) is 0 Å². The molecule has 0 fully saturated rings. The maximum atomic E-state index is 12.6. The SMILES string of the molecule is C=CCO[C@@H](c1ccc2ccccc2c1)C(CC(=O)OCC)C(=O)OCC. The van der Waals surface area contributed by atoms with Crippen LogP contribution in [0, 0.1) is 5.92 Å². The van der Waals surface area contributed by atoms with Gasteiger partial charge < -0.3 is 14.2 Å². The van der Waals surface area contributed by atoms with E-state index in [-0.39, 0.29) is 26.2 Å². The second kappa shape index (κ2) is 10.5. The molecule has 0 bridgehead atoms. The maximum Gasteiger partial charge on any atom is 0.312 e. The molecule has 0 aliphatic rings. The van der Waals surface area contributed by atoms with E-state index in [1.807, 2.05) is 42.5 Å². The molecular weight excluding hydrogens is 344 g/mol. The Balaban J connectivity index is 2.41. The van der Waals surface area contributed by atoms with Gasteiger partial charge in [-0.2, -0.15) is 0 Å². The first-order valence-corrected chi connectivity index (χ1v) is 9.14. The minimum Gasteiger partial charge on any atom is -0.466 e. The number of esters is 2. The Morgan fingerprint density at radius 1 is 1.04 bits per heavy atom. The molecular formula is C22H26O5. The maximum absolute atomic E-state index is 12.6. The summed E-state index contributed by atoms with van der Waals surface area (Å²) in [6.07, 6.45) is 0.859. The van der Waals surface area contributed by atoms with Crippen molar-refractivity contribution in [1.29, 1.82) is 0 Å². The molecule has 0 aromatic heterocycles. The van der Waals surface area contributed by atoms with Crippen LogP contribution >= 0.6 is 0 Å². The van der Waals surface area contributed by atoms with Gasteiger partial charge in [0, 0.05) is 0 Å². The van der Waals surface area contributed by atoms with Crippen LogP contribution in [-0.2, 0) is 23.8 Å². The number of carbonyl (C=O) groups is 2. The first-order valence-electron chi connectivity index (χ1n) is 9.14. The molecule has 0 radical (unpaired) electrons. The minimum atomic E-state index is -0.801. The third kappa shape index (κ3) is 5.66. The minimum absolute atomic E-state index is 0.110. The molecule has 0 heterocycles. The smallest absolute Gasteiger partial charge is 0.312 e. The van der Waals surface area contributed by atoms with Crippen LogP contribution in [0.2, 0.25) is 0 Å². The lowest BCUT2D eigenvalue weighted by atomic mass is 9.91. The van der Waals surface area contributed by atoms with Gasteiger partial charge in [-0.15, -0.1) is 6.58 Å². The summed E-state index contributed by atoms with van der Waals surface area (Å²) in [5.74, 6) is -1.73. The second-order valence-electron chi connectivity index (χ2n) is 6.02. The van der Waals surface area contributed by atoms with Crippen LogP contribution < -0.4 is 0 Å². The average Bonchev–Trinajstić information content (AvgIpc) is 2.67. The summed E-state index contributed by atoms with van der Waals surface area (Å²) >= 11 is 0. The van der Waals surface area contributed by atoms with Gasteiger partial charge in [-0.05, 0) is 36.2 Å². The summed E-state index contributed by atoms with van der Waals surface area (Å²) in [6, 6.07) is 13.8. The van der Waals surface area contributed by atoms with Gasteiger partial charge in [0.1, 0.15) is 0 Å².